The summed E-state index contributed by atoms with van der Waals surface area (Å²) < 4.78 is 1.59. The first kappa shape index (κ1) is 17.4. The molecule has 1 aromatic rings. The number of aromatic nitrogens is 2. The van der Waals surface area contributed by atoms with Crippen LogP contribution in [0.5, 0.6) is 0 Å². The van der Waals surface area contributed by atoms with E-state index in [4.69, 9.17) is 0 Å². The number of aliphatic hydroxyl groups is 1. The smallest absolute Gasteiger partial charge is 0.287 e. The molecule has 0 spiro atoms. The van der Waals surface area contributed by atoms with Crippen LogP contribution < -0.4 is 10.6 Å². The third-order valence-corrected chi connectivity index (χ3v) is 4.79. The minimum absolute atomic E-state index is 0.0513. The fourth-order valence-electron chi connectivity index (χ4n) is 3.44. The number of carbonyl (C=O) groups is 3. The lowest BCUT2D eigenvalue weighted by atomic mass is 10.1. The van der Waals surface area contributed by atoms with Crippen LogP contribution in [0.3, 0.4) is 0 Å². The Labute approximate surface area is 145 Å². The molecule has 2 fully saturated rings. The van der Waals surface area contributed by atoms with E-state index in [9.17, 15) is 19.5 Å². The summed E-state index contributed by atoms with van der Waals surface area (Å²) in [4.78, 5) is 42.1. The Hall–Kier alpha value is -2.42. The van der Waals surface area contributed by atoms with Crippen molar-refractivity contribution in [1.82, 2.24) is 25.1 Å². The third kappa shape index (κ3) is 3.81. The Balaban J connectivity index is 1.60. The molecule has 2 heterocycles. The molecule has 3 amide bonds. The molecule has 1 aliphatic carbocycles. The zero-order valence-corrected chi connectivity index (χ0v) is 14.1. The van der Waals surface area contributed by atoms with E-state index in [0.29, 0.717) is 25.9 Å². The maximum atomic E-state index is 12.7. The Bertz CT molecular complexity index is 673. The zero-order chi connectivity index (χ0) is 18.0. The number of carbonyl (C=O) groups excluding carboxylic acids is 3. The summed E-state index contributed by atoms with van der Waals surface area (Å²) in [5, 5.41) is 15.7. The van der Waals surface area contributed by atoms with Gasteiger partial charge >= 0.3 is 0 Å². The van der Waals surface area contributed by atoms with Gasteiger partial charge in [0.2, 0.25) is 11.8 Å². The topological polar surface area (TPSA) is 117 Å². The summed E-state index contributed by atoms with van der Waals surface area (Å²) in [6.07, 6.45) is 3.75. The van der Waals surface area contributed by atoms with Crippen LogP contribution in [-0.4, -0.2) is 69.1 Å². The van der Waals surface area contributed by atoms with Gasteiger partial charge in [0.25, 0.3) is 5.91 Å². The van der Waals surface area contributed by atoms with E-state index < -0.39 is 18.1 Å². The normalized spacial score (nSPS) is 26.9. The SMILES string of the molecule is Cn1ccnc1C(=O)N[C@H]1C[C@H](C(=O)N2CCCNC(=O)C2)C[C@@H]1O. The van der Waals surface area contributed by atoms with Gasteiger partial charge in [-0.3, -0.25) is 14.4 Å². The molecule has 1 saturated heterocycles. The summed E-state index contributed by atoms with van der Waals surface area (Å²) in [6.45, 7) is 1.14. The zero-order valence-electron chi connectivity index (χ0n) is 14.1. The van der Waals surface area contributed by atoms with E-state index in [2.05, 4.69) is 15.6 Å². The van der Waals surface area contributed by atoms with Crippen molar-refractivity contribution in [2.45, 2.75) is 31.4 Å². The molecule has 25 heavy (non-hydrogen) atoms. The molecule has 9 heteroatoms. The van der Waals surface area contributed by atoms with E-state index in [-0.39, 0.29) is 36.5 Å². The number of nitrogens with one attached hydrogen (secondary N) is 2. The highest BCUT2D eigenvalue weighted by molar-refractivity contribution is 5.91. The Morgan fingerprint density at radius 1 is 1.40 bits per heavy atom. The second kappa shape index (κ2) is 7.22. The highest BCUT2D eigenvalue weighted by Gasteiger charge is 2.40. The average molecular weight is 349 g/mol. The van der Waals surface area contributed by atoms with Crippen LogP contribution in [0.4, 0.5) is 0 Å². The second-order valence-electron chi connectivity index (χ2n) is 6.64. The number of imidazole rings is 1. The highest BCUT2D eigenvalue weighted by atomic mass is 16.3. The molecule has 136 valence electrons. The first-order valence-electron chi connectivity index (χ1n) is 8.47. The first-order valence-corrected chi connectivity index (χ1v) is 8.47. The van der Waals surface area contributed by atoms with Crippen molar-refractivity contribution >= 4 is 17.7 Å². The van der Waals surface area contributed by atoms with Crippen molar-refractivity contribution in [3.05, 3.63) is 18.2 Å². The largest absolute Gasteiger partial charge is 0.391 e. The van der Waals surface area contributed by atoms with Gasteiger partial charge in [0, 0.05) is 38.4 Å². The summed E-state index contributed by atoms with van der Waals surface area (Å²) in [5.41, 5.74) is 0. The molecule has 0 radical (unpaired) electrons. The minimum atomic E-state index is -0.793. The van der Waals surface area contributed by atoms with E-state index in [0.717, 1.165) is 0 Å². The van der Waals surface area contributed by atoms with Gasteiger partial charge in [0.15, 0.2) is 5.82 Å². The van der Waals surface area contributed by atoms with Crippen molar-refractivity contribution in [2.75, 3.05) is 19.6 Å². The average Bonchev–Trinajstić information content (AvgIpc) is 3.08. The molecule has 3 rings (SSSR count). The van der Waals surface area contributed by atoms with Crippen LogP contribution in [0.15, 0.2) is 12.4 Å². The van der Waals surface area contributed by atoms with Gasteiger partial charge < -0.3 is 25.2 Å². The van der Waals surface area contributed by atoms with Crippen LogP contribution in [0.2, 0.25) is 0 Å². The number of amides is 3. The van der Waals surface area contributed by atoms with Crippen molar-refractivity contribution in [2.24, 2.45) is 13.0 Å². The number of rotatable bonds is 3. The number of aliphatic hydroxyl groups excluding tert-OH is 1. The van der Waals surface area contributed by atoms with Gasteiger partial charge in [0.05, 0.1) is 18.7 Å². The predicted molar refractivity (Wildman–Crippen MR) is 87.4 cm³/mol. The van der Waals surface area contributed by atoms with E-state index in [1.54, 1.807) is 22.7 Å². The van der Waals surface area contributed by atoms with E-state index in [1.807, 2.05) is 0 Å². The summed E-state index contributed by atoms with van der Waals surface area (Å²) in [7, 11) is 1.71. The van der Waals surface area contributed by atoms with Gasteiger partial charge in [-0.2, -0.15) is 0 Å². The van der Waals surface area contributed by atoms with Crippen LogP contribution in [-0.2, 0) is 16.6 Å². The molecule has 3 atom stereocenters. The molecule has 9 nitrogen and oxygen atoms in total. The Morgan fingerprint density at radius 2 is 2.20 bits per heavy atom. The lowest BCUT2D eigenvalue weighted by molar-refractivity contribution is -0.138. The van der Waals surface area contributed by atoms with Crippen LogP contribution in [0, 0.1) is 5.92 Å². The standard InChI is InChI=1S/C16H23N5O4/c1-20-6-4-18-14(20)15(24)19-11-7-10(8-12(11)22)16(25)21-5-2-3-17-13(23)9-21/h4,6,10-12,22H,2-3,5,7-9H2,1H3,(H,17,23)(H,19,24)/t10-,11-,12-/m0/s1. The molecular weight excluding hydrogens is 326 g/mol. The molecular formula is C16H23N5O4. The van der Waals surface area contributed by atoms with Crippen molar-refractivity contribution in [3.63, 3.8) is 0 Å². The monoisotopic (exact) mass is 349 g/mol. The lowest BCUT2D eigenvalue weighted by Gasteiger charge is -2.22. The van der Waals surface area contributed by atoms with Crippen LogP contribution >= 0.6 is 0 Å². The number of hydrogen-bond donors (Lipinski definition) is 3. The van der Waals surface area contributed by atoms with Crippen molar-refractivity contribution in [3.8, 4) is 0 Å². The van der Waals surface area contributed by atoms with Crippen LogP contribution in [0.1, 0.15) is 29.9 Å². The number of nitrogens with zero attached hydrogens (tertiary/aromatic N) is 3. The number of aryl methyl sites for hydroxylation is 1. The summed E-state index contributed by atoms with van der Waals surface area (Å²) in [6, 6.07) is -0.501. The molecule has 2 aliphatic rings. The summed E-state index contributed by atoms with van der Waals surface area (Å²) in [5.74, 6) is -0.814. The fourth-order valence-corrected chi connectivity index (χ4v) is 3.44. The van der Waals surface area contributed by atoms with Gasteiger partial charge in [-0.05, 0) is 19.3 Å². The quantitative estimate of drug-likeness (QED) is 0.623. The molecule has 0 bridgehead atoms. The molecule has 1 aliphatic heterocycles. The fraction of sp³-hybridized carbons (Fsp3) is 0.625. The van der Waals surface area contributed by atoms with E-state index in [1.165, 1.54) is 6.20 Å². The molecule has 0 unspecified atom stereocenters. The van der Waals surface area contributed by atoms with Crippen LogP contribution in [0.25, 0.3) is 0 Å². The van der Waals surface area contributed by atoms with Gasteiger partial charge in [-0.1, -0.05) is 0 Å². The Kier molecular flexibility index (Phi) is 5.03. The predicted octanol–water partition coefficient (Wildman–Crippen LogP) is -1.36. The second-order valence-corrected chi connectivity index (χ2v) is 6.64. The lowest BCUT2D eigenvalue weighted by Crippen LogP contribution is -2.42. The van der Waals surface area contributed by atoms with Crippen molar-refractivity contribution in [1.29, 1.82) is 0 Å². The Morgan fingerprint density at radius 3 is 2.92 bits per heavy atom. The number of hydrogen-bond acceptors (Lipinski definition) is 5. The molecule has 1 aromatic heterocycles. The molecule has 3 N–H and O–H groups in total. The third-order valence-electron chi connectivity index (χ3n) is 4.79. The van der Waals surface area contributed by atoms with Crippen molar-refractivity contribution < 1.29 is 19.5 Å². The minimum Gasteiger partial charge on any atom is -0.391 e. The maximum absolute atomic E-state index is 12.7. The summed E-state index contributed by atoms with van der Waals surface area (Å²) >= 11 is 0. The van der Waals surface area contributed by atoms with Gasteiger partial charge in [-0.15, -0.1) is 0 Å². The highest BCUT2D eigenvalue weighted by Crippen LogP contribution is 2.28. The first-order chi connectivity index (χ1) is 12.0. The maximum Gasteiger partial charge on any atom is 0.287 e. The molecule has 1 saturated carbocycles. The van der Waals surface area contributed by atoms with E-state index >= 15 is 0 Å². The van der Waals surface area contributed by atoms with Gasteiger partial charge in [-0.25, -0.2) is 4.98 Å². The van der Waals surface area contributed by atoms with Gasteiger partial charge in [0.1, 0.15) is 0 Å². The molecule has 0 aromatic carbocycles.